The second-order valence-electron chi connectivity index (χ2n) is 5.91. The number of hydrogen-bond acceptors (Lipinski definition) is 5. The lowest BCUT2D eigenvalue weighted by molar-refractivity contribution is -0.137. The Bertz CT molecular complexity index is 1190. The summed E-state index contributed by atoms with van der Waals surface area (Å²) in [4.78, 5) is 16.0. The van der Waals surface area contributed by atoms with E-state index in [4.69, 9.17) is 16.3 Å². The van der Waals surface area contributed by atoms with Gasteiger partial charge in [0.1, 0.15) is 17.2 Å². The minimum Gasteiger partial charge on any atom is -0.497 e. The van der Waals surface area contributed by atoms with Crippen molar-refractivity contribution in [3.05, 3.63) is 71.3 Å². The van der Waals surface area contributed by atoms with Crippen molar-refractivity contribution in [1.29, 1.82) is 0 Å². The second kappa shape index (κ2) is 8.00. The highest BCUT2D eigenvalue weighted by Gasteiger charge is 2.30. The van der Waals surface area contributed by atoms with E-state index in [0.717, 1.165) is 35.2 Å². The number of hydrogen-bond donors (Lipinski definition) is 1. The Labute approximate surface area is 174 Å². The standard InChI is InChI=1S/C18H13ClF3N3O4S/c1-29-13-3-2-4-14(9-13)30(27,28)24-17(26)15-16(19)25(10-23-15)12-7-5-11(6-8-12)18(20,21)22/h2-10H,1H3,(H,24,26). The monoisotopic (exact) mass is 459 g/mol. The van der Waals surface area contributed by atoms with Gasteiger partial charge in [0.05, 0.1) is 17.6 Å². The summed E-state index contributed by atoms with van der Waals surface area (Å²) < 4.78 is 70.9. The molecule has 1 aromatic heterocycles. The Hall–Kier alpha value is -3.05. The molecule has 0 spiro atoms. The topological polar surface area (TPSA) is 90.3 Å². The number of carbonyl (C=O) groups is 1. The van der Waals surface area contributed by atoms with Crippen molar-refractivity contribution in [3.63, 3.8) is 0 Å². The number of aromatic nitrogens is 2. The molecule has 7 nitrogen and oxygen atoms in total. The van der Waals surface area contributed by atoms with Crippen molar-refractivity contribution >= 4 is 27.5 Å². The number of methoxy groups -OCH3 is 1. The van der Waals surface area contributed by atoms with Gasteiger partial charge < -0.3 is 4.74 Å². The van der Waals surface area contributed by atoms with Crippen LogP contribution in [0, 0.1) is 0 Å². The molecule has 30 heavy (non-hydrogen) atoms. The summed E-state index contributed by atoms with van der Waals surface area (Å²) >= 11 is 6.11. The first kappa shape index (κ1) is 21.7. The first-order chi connectivity index (χ1) is 14.0. The zero-order valence-corrected chi connectivity index (χ0v) is 16.7. The van der Waals surface area contributed by atoms with Crippen LogP contribution in [0.5, 0.6) is 5.75 Å². The third-order valence-corrected chi connectivity index (χ3v) is 5.67. The van der Waals surface area contributed by atoms with Crippen LogP contribution >= 0.6 is 11.6 Å². The molecule has 0 aliphatic carbocycles. The van der Waals surface area contributed by atoms with Crippen LogP contribution in [-0.2, 0) is 16.2 Å². The van der Waals surface area contributed by atoms with Gasteiger partial charge in [0.2, 0.25) is 0 Å². The van der Waals surface area contributed by atoms with Crippen LogP contribution in [0.15, 0.2) is 59.8 Å². The maximum atomic E-state index is 12.7. The van der Waals surface area contributed by atoms with Crippen molar-refractivity contribution in [3.8, 4) is 11.4 Å². The number of rotatable bonds is 5. The summed E-state index contributed by atoms with van der Waals surface area (Å²) in [6, 6.07) is 9.43. The molecule has 2 aromatic carbocycles. The van der Waals surface area contributed by atoms with Gasteiger partial charge in [-0.2, -0.15) is 13.2 Å². The van der Waals surface area contributed by atoms with E-state index >= 15 is 0 Å². The van der Waals surface area contributed by atoms with Gasteiger partial charge in [-0.1, -0.05) is 17.7 Å². The van der Waals surface area contributed by atoms with Crippen LogP contribution in [0.4, 0.5) is 13.2 Å². The molecule has 0 bridgehead atoms. The maximum absolute atomic E-state index is 12.7. The Morgan fingerprint density at radius 3 is 2.43 bits per heavy atom. The largest absolute Gasteiger partial charge is 0.497 e. The average molecular weight is 460 g/mol. The predicted octanol–water partition coefficient (Wildman–Crippen LogP) is 3.67. The smallest absolute Gasteiger partial charge is 0.416 e. The van der Waals surface area contributed by atoms with Crippen molar-refractivity contribution < 1.29 is 31.1 Å². The lowest BCUT2D eigenvalue weighted by atomic mass is 10.2. The van der Waals surface area contributed by atoms with Crippen molar-refractivity contribution in [2.24, 2.45) is 0 Å². The van der Waals surface area contributed by atoms with Crippen LogP contribution in [0.1, 0.15) is 16.1 Å². The molecule has 3 aromatic rings. The van der Waals surface area contributed by atoms with Gasteiger partial charge in [-0.25, -0.2) is 18.1 Å². The summed E-state index contributed by atoms with van der Waals surface area (Å²) in [7, 11) is -2.89. The van der Waals surface area contributed by atoms with E-state index in [1.807, 2.05) is 4.72 Å². The molecule has 3 rings (SSSR count). The van der Waals surface area contributed by atoms with E-state index in [9.17, 15) is 26.4 Å². The van der Waals surface area contributed by atoms with Gasteiger partial charge in [-0.15, -0.1) is 0 Å². The van der Waals surface area contributed by atoms with E-state index in [-0.39, 0.29) is 21.5 Å². The first-order valence-electron chi connectivity index (χ1n) is 8.14. The van der Waals surface area contributed by atoms with Crippen LogP contribution < -0.4 is 9.46 Å². The molecule has 0 fully saturated rings. The zero-order chi connectivity index (χ0) is 22.1. The summed E-state index contributed by atoms with van der Waals surface area (Å²) in [5, 5.41) is -0.270. The number of nitrogens with one attached hydrogen (secondary N) is 1. The lowest BCUT2D eigenvalue weighted by Crippen LogP contribution is -2.31. The zero-order valence-electron chi connectivity index (χ0n) is 15.1. The number of halogens is 4. The summed E-state index contributed by atoms with van der Waals surface area (Å²) in [6.45, 7) is 0. The summed E-state index contributed by atoms with van der Waals surface area (Å²) in [5.74, 6) is -0.830. The fraction of sp³-hybridized carbons (Fsp3) is 0.111. The maximum Gasteiger partial charge on any atom is 0.416 e. The molecule has 0 unspecified atom stereocenters. The van der Waals surface area contributed by atoms with Gasteiger partial charge in [-0.3, -0.25) is 9.36 Å². The molecule has 0 aliphatic heterocycles. The van der Waals surface area contributed by atoms with Crippen LogP contribution in [0.2, 0.25) is 5.15 Å². The number of benzene rings is 2. The molecule has 1 N–H and O–H groups in total. The van der Waals surface area contributed by atoms with Gasteiger partial charge in [0, 0.05) is 11.8 Å². The van der Waals surface area contributed by atoms with E-state index in [0.29, 0.717) is 0 Å². The SMILES string of the molecule is COc1cccc(S(=O)(=O)NC(=O)c2ncn(-c3ccc(C(F)(F)F)cc3)c2Cl)c1. The Balaban J connectivity index is 1.85. The molecule has 12 heteroatoms. The molecule has 0 atom stereocenters. The lowest BCUT2D eigenvalue weighted by Gasteiger charge is -2.09. The number of alkyl halides is 3. The van der Waals surface area contributed by atoms with Crippen molar-refractivity contribution in [2.75, 3.05) is 7.11 Å². The first-order valence-corrected chi connectivity index (χ1v) is 10.0. The number of ether oxygens (including phenoxy) is 1. The number of amides is 1. The molecule has 0 saturated heterocycles. The molecule has 1 heterocycles. The third kappa shape index (κ3) is 4.41. The summed E-state index contributed by atoms with van der Waals surface area (Å²) in [5.41, 5.74) is -1.07. The molecular weight excluding hydrogens is 447 g/mol. The highest BCUT2D eigenvalue weighted by Crippen LogP contribution is 2.30. The number of carbonyl (C=O) groups excluding carboxylic acids is 1. The number of imidazole rings is 1. The molecule has 0 aliphatic rings. The van der Waals surface area contributed by atoms with E-state index in [2.05, 4.69) is 4.98 Å². The summed E-state index contributed by atoms with van der Waals surface area (Å²) in [6.07, 6.45) is -3.41. The fourth-order valence-electron chi connectivity index (χ4n) is 2.47. The average Bonchev–Trinajstić information content (AvgIpc) is 3.08. The second-order valence-corrected chi connectivity index (χ2v) is 7.95. The number of nitrogens with zero attached hydrogens (tertiary/aromatic N) is 2. The Morgan fingerprint density at radius 1 is 1.17 bits per heavy atom. The quantitative estimate of drug-likeness (QED) is 0.628. The predicted molar refractivity (Wildman–Crippen MR) is 101 cm³/mol. The highest BCUT2D eigenvalue weighted by molar-refractivity contribution is 7.90. The molecule has 158 valence electrons. The van der Waals surface area contributed by atoms with Gasteiger partial charge in [-0.05, 0) is 36.4 Å². The normalized spacial score (nSPS) is 11.9. The van der Waals surface area contributed by atoms with Crippen LogP contribution in [-0.4, -0.2) is 31.0 Å². The minimum atomic E-state index is -4.50. The van der Waals surface area contributed by atoms with Gasteiger partial charge in [0.25, 0.3) is 15.9 Å². The minimum absolute atomic E-state index is 0.204. The van der Waals surface area contributed by atoms with E-state index in [1.54, 1.807) is 0 Å². The Morgan fingerprint density at radius 2 is 1.83 bits per heavy atom. The number of sulfonamides is 1. The third-order valence-electron chi connectivity index (χ3n) is 3.98. The van der Waals surface area contributed by atoms with Crippen LogP contribution in [0.25, 0.3) is 5.69 Å². The Kier molecular flexibility index (Phi) is 5.77. The molecular formula is C18H13ClF3N3O4S. The molecule has 1 amide bonds. The highest BCUT2D eigenvalue weighted by atomic mass is 35.5. The molecule has 0 saturated carbocycles. The van der Waals surface area contributed by atoms with E-state index < -0.39 is 33.4 Å². The van der Waals surface area contributed by atoms with E-state index in [1.165, 1.54) is 31.4 Å². The van der Waals surface area contributed by atoms with Crippen molar-refractivity contribution in [2.45, 2.75) is 11.1 Å². The van der Waals surface area contributed by atoms with Gasteiger partial charge >= 0.3 is 6.18 Å². The van der Waals surface area contributed by atoms with Crippen LogP contribution in [0.3, 0.4) is 0 Å². The molecule has 0 radical (unpaired) electrons. The van der Waals surface area contributed by atoms with Gasteiger partial charge in [0.15, 0.2) is 5.69 Å². The fourth-order valence-corrected chi connectivity index (χ4v) is 3.74. The van der Waals surface area contributed by atoms with Crippen molar-refractivity contribution in [1.82, 2.24) is 14.3 Å².